The second-order valence-corrected chi connectivity index (χ2v) is 15.2. The number of benzene rings is 10. The molecular weight excluding hydrogens is 719 g/mol. The highest BCUT2D eigenvalue weighted by molar-refractivity contribution is 6.25. The van der Waals surface area contributed by atoms with Crippen LogP contribution in [0.2, 0.25) is 0 Å². The van der Waals surface area contributed by atoms with Crippen molar-refractivity contribution in [1.29, 1.82) is 0 Å². The summed E-state index contributed by atoms with van der Waals surface area (Å²) in [4.78, 5) is 15.6. The molecule has 12 aromatic rings. The Hall–Kier alpha value is -7.95. The predicted octanol–water partition coefficient (Wildman–Crippen LogP) is 14.7. The molecule has 0 aliphatic heterocycles. The molecule has 4 heteroatoms. The molecule has 59 heavy (non-hydrogen) atoms. The number of fused-ring (bicyclic) bond motifs is 10. The maximum atomic E-state index is 6.76. The van der Waals surface area contributed by atoms with E-state index >= 15 is 0 Å². The normalized spacial score (nSPS) is 11.7. The van der Waals surface area contributed by atoms with E-state index in [1.54, 1.807) is 0 Å². The Kier molecular flexibility index (Phi) is 7.50. The third-order valence-corrected chi connectivity index (χ3v) is 11.7. The first-order valence-electron chi connectivity index (χ1n) is 19.9. The zero-order valence-electron chi connectivity index (χ0n) is 31.8. The summed E-state index contributed by atoms with van der Waals surface area (Å²) in [7, 11) is 0. The lowest BCUT2D eigenvalue weighted by Crippen LogP contribution is -2.00. The van der Waals surface area contributed by atoms with Gasteiger partial charge in [-0.05, 0) is 95.7 Å². The van der Waals surface area contributed by atoms with Gasteiger partial charge in [-0.2, -0.15) is 0 Å². The van der Waals surface area contributed by atoms with Crippen molar-refractivity contribution in [3.05, 3.63) is 200 Å². The number of nitrogens with zero attached hydrogens (tertiary/aromatic N) is 3. The molecule has 0 atom stereocenters. The molecule has 0 saturated carbocycles. The van der Waals surface area contributed by atoms with Crippen molar-refractivity contribution in [2.45, 2.75) is 0 Å². The fraction of sp³-hybridized carbons (Fsp3) is 0. The van der Waals surface area contributed by atoms with Gasteiger partial charge in [0.1, 0.15) is 11.2 Å². The molecule has 0 unspecified atom stereocenters. The Morgan fingerprint density at radius 2 is 0.746 bits per heavy atom. The summed E-state index contributed by atoms with van der Waals surface area (Å²) in [5, 5.41) is 11.7. The van der Waals surface area contributed by atoms with Crippen LogP contribution in [0.4, 0.5) is 0 Å². The van der Waals surface area contributed by atoms with Crippen LogP contribution < -0.4 is 0 Å². The van der Waals surface area contributed by atoms with Crippen LogP contribution in [0.3, 0.4) is 0 Å². The summed E-state index contributed by atoms with van der Waals surface area (Å²) < 4.78 is 6.76. The molecule has 0 bridgehead atoms. The van der Waals surface area contributed by atoms with E-state index in [9.17, 15) is 0 Å². The maximum absolute atomic E-state index is 6.76. The molecule has 274 valence electrons. The molecule has 10 aromatic carbocycles. The minimum absolute atomic E-state index is 0.576. The van der Waals surface area contributed by atoms with E-state index in [4.69, 9.17) is 19.4 Å². The highest BCUT2D eigenvalue weighted by Gasteiger charge is 2.20. The van der Waals surface area contributed by atoms with Crippen molar-refractivity contribution >= 4 is 65.0 Å². The SMILES string of the molecule is c1ccc(-c2ccc(-c3cc(-c4nc(-c5ccccc5)nc(-c5ccc6c7ccccc7c7ccccc7c6c5)n4)cc4oc5cc6ccccc6cc5c34)cc2)cc1. The van der Waals surface area contributed by atoms with Crippen LogP contribution in [0.5, 0.6) is 0 Å². The monoisotopic (exact) mass is 751 g/mol. The Bertz CT molecular complexity index is 3560. The lowest BCUT2D eigenvalue weighted by Gasteiger charge is -2.13. The van der Waals surface area contributed by atoms with Gasteiger partial charge < -0.3 is 4.42 Å². The van der Waals surface area contributed by atoms with E-state index in [2.05, 4.69) is 176 Å². The zero-order chi connectivity index (χ0) is 38.9. The molecule has 0 spiro atoms. The van der Waals surface area contributed by atoms with Crippen molar-refractivity contribution < 1.29 is 4.42 Å². The highest BCUT2D eigenvalue weighted by atomic mass is 16.3. The fourth-order valence-electron chi connectivity index (χ4n) is 8.82. The quantitative estimate of drug-likeness (QED) is 0.164. The van der Waals surface area contributed by atoms with Crippen molar-refractivity contribution in [2.24, 2.45) is 0 Å². The minimum Gasteiger partial charge on any atom is -0.456 e. The average Bonchev–Trinajstić information content (AvgIpc) is 3.68. The Labute approximate surface area is 339 Å². The van der Waals surface area contributed by atoms with Gasteiger partial charge in [0.05, 0.1) is 0 Å². The van der Waals surface area contributed by atoms with E-state index in [0.717, 1.165) is 66.1 Å². The van der Waals surface area contributed by atoms with E-state index in [1.165, 1.54) is 37.9 Å². The minimum atomic E-state index is 0.576. The van der Waals surface area contributed by atoms with E-state index in [1.807, 2.05) is 24.3 Å². The maximum Gasteiger partial charge on any atom is 0.164 e. The number of hydrogen-bond acceptors (Lipinski definition) is 4. The summed E-state index contributed by atoms with van der Waals surface area (Å²) >= 11 is 0. The second kappa shape index (κ2) is 13.3. The molecule has 0 saturated heterocycles. The summed E-state index contributed by atoms with van der Waals surface area (Å²) in [5.41, 5.74) is 8.79. The summed E-state index contributed by atoms with van der Waals surface area (Å²) in [5.74, 6) is 1.79. The first-order chi connectivity index (χ1) is 29.2. The largest absolute Gasteiger partial charge is 0.456 e. The van der Waals surface area contributed by atoms with Gasteiger partial charge in [0.2, 0.25) is 0 Å². The Morgan fingerprint density at radius 3 is 1.41 bits per heavy atom. The van der Waals surface area contributed by atoms with Crippen LogP contribution in [-0.4, -0.2) is 15.0 Å². The first-order valence-corrected chi connectivity index (χ1v) is 19.9. The lowest BCUT2D eigenvalue weighted by atomic mass is 9.93. The van der Waals surface area contributed by atoms with Crippen molar-refractivity contribution in [3.8, 4) is 56.4 Å². The molecule has 0 amide bonds. The number of rotatable bonds is 5. The molecule has 0 fully saturated rings. The molecule has 0 aliphatic carbocycles. The molecule has 12 rings (SSSR count). The first kappa shape index (κ1) is 33.2. The summed E-state index contributed by atoms with van der Waals surface area (Å²) in [6.45, 7) is 0. The van der Waals surface area contributed by atoms with E-state index in [-0.39, 0.29) is 0 Å². The fourth-order valence-corrected chi connectivity index (χ4v) is 8.82. The van der Waals surface area contributed by atoms with Gasteiger partial charge in [-0.3, -0.25) is 0 Å². The van der Waals surface area contributed by atoms with Crippen molar-refractivity contribution in [3.63, 3.8) is 0 Å². The van der Waals surface area contributed by atoms with Gasteiger partial charge in [0, 0.05) is 27.5 Å². The number of furan rings is 1. The van der Waals surface area contributed by atoms with Crippen molar-refractivity contribution in [2.75, 3.05) is 0 Å². The topological polar surface area (TPSA) is 51.8 Å². The smallest absolute Gasteiger partial charge is 0.164 e. The van der Waals surface area contributed by atoms with Crippen LogP contribution >= 0.6 is 0 Å². The van der Waals surface area contributed by atoms with Crippen LogP contribution in [-0.2, 0) is 0 Å². The van der Waals surface area contributed by atoms with Crippen LogP contribution in [0.25, 0.3) is 121 Å². The third kappa shape index (κ3) is 5.57. The molecule has 0 aliphatic rings. The Balaban J connectivity index is 1.10. The summed E-state index contributed by atoms with van der Waals surface area (Å²) in [6, 6.07) is 70.5. The number of hydrogen-bond donors (Lipinski definition) is 0. The molecule has 2 aromatic heterocycles. The number of aromatic nitrogens is 3. The zero-order valence-corrected chi connectivity index (χ0v) is 31.8. The van der Waals surface area contributed by atoms with Crippen LogP contribution in [0, 0.1) is 0 Å². The average molecular weight is 752 g/mol. The lowest BCUT2D eigenvalue weighted by molar-refractivity contribution is 0.669. The van der Waals surface area contributed by atoms with E-state index < -0.39 is 0 Å². The van der Waals surface area contributed by atoms with Gasteiger partial charge in [-0.1, -0.05) is 170 Å². The van der Waals surface area contributed by atoms with Crippen LogP contribution in [0.15, 0.2) is 205 Å². The van der Waals surface area contributed by atoms with E-state index in [0.29, 0.717) is 17.5 Å². The molecule has 2 heterocycles. The molecule has 0 radical (unpaired) electrons. The van der Waals surface area contributed by atoms with Crippen molar-refractivity contribution in [1.82, 2.24) is 15.0 Å². The van der Waals surface area contributed by atoms with Gasteiger partial charge in [-0.15, -0.1) is 0 Å². The molecular formula is C55H33N3O. The summed E-state index contributed by atoms with van der Waals surface area (Å²) in [6.07, 6.45) is 0. The highest BCUT2D eigenvalue weighted by Crippen LogP contribution is 2.42. The molecule has 0 N–H and O–H groups in total. The van der Waals surface area contributed by atoms with Gasteiger partial charge in [-0.25, -0.2) is 15.0 Å². The Morgan fingerprint density at radius 1 is 0.271 bits per heavy atom. The standard InChI is InChI=1S/C55H33N3O/c1-3-13-34(14-4-1)35-23-25-36(26-24-35)47-31-41(33-51-52(47)49-29-38-17-7-8-18-39(38)32-50(49)59-51)55-57-53(37-15-5-2-6-16-37)56-54(58-55)40-27-28-46-44-21-10-9-19-42(44)43-20-11-12-22-45(43)48(46)30-40/h1-33H. The second-order valence-electron chi connectivity index (χ2n) is 15.2. The predicted molar refractivity (Wildman–Crippen MR) is 244 cm³/mol. The van der Waals surface area contributed by atoms with Gasteiger partial charge in [0.15, 0.2) is 17.5 Å². The van der Waals surface area contributed by atoms with Crippen LogP contribution in [0.1, 0.15) is 0 Å². The van der Waals surface area contributed by atoms with Gasteiger partial charge >= 0.3 is 0 Å². The molecule has 4 nitrogen and oxygen atoms in total. The third-order valence-electron chi connectivity index (χ3n) is 11.7. The van der Waals surface area contributed by atoms with Gasteiger partial charge in [0.25, 0.3) is 0 Å².